The van der Waals surface area contributed by atoms with E-state index in [-0.39, 0.29) is 12.3 Å². The molecule has 3 aromatic carbocycles. The Morgan fingerprint density at radius 1 is 0.897 bits per heavy atom. The van der Waals surface area contributed by atoms with Crippen molar-refractivity contribution >= 4 is 23.5 Å². The van der Waals surface area contributed by atoms with E-state index in [9.17, 15) is 14.8 Å². The first-order chi connectivity index (χ1) is 13.8. The van der Waals surface area contributed by atoms with Crippen molar-refractivity contribution in [2.45, 2.75) is 31.5 Å². The number of amides is 1. The van der Waals surface area contributed by atoms with Crippen LogP contribution in [0.4, 0.5) is 0 Å². The monoisotopic (exact) mass is 407 g/mol. The molecular weight excluding hydrogens is 381 g/mol. The molecule has 0 bridgehead atoms. The van der Waals surface area contributed by atoms with Crippen LogP contribution < -0.4 is 15.7 Å². The molecule has 1 heterocycles. The summed E-state index contributed by atoms with van der Waals surface area (Å²) >= 11 is 0. The van der Waals surface area contributed by atoms with E-state index in [1.807, 2.05) is 92.7 Å². The number of hydrogen-bond donors (Lipinski definition) is 3. The molecule has 1 aliphatic heterocycles. The van der Waals surface area contributed by atoms with Gasteiger partial charge in [-0.15, -0.1) is 0 Å². The van der Waals surface area contributed by atoms with Gasteiger partial charge in [-0.25, -0.2) is 0 Å². The molecule has 4 nitrogen and oxygen atoms in total. The fourth-order valence-electron chi connectivity index (χ4n) is 4.56. The van der Waals surface area contributed by atoms with Crippen LogP contribution in [-0.2, 0) is 0 Å². The van der Waals surface area contributed by atoms with E-state index in [4.69, 9.17) is 0 Å². The third-order valence-electron chi connectivity index (χ3n) is 6.25. The average Bonchev–Trinajstić information content (AvgIpc) is 2.99. The SMILES string of the molecule is CC(C)(C[C@H](O)c1ccccc1)P1(O)(c2ccccc2)NC(=O)c2ccccc21. The molecule has 5 heteroatoms. The van der Waals surface area contributed by atoms with Crippen molar-refractivity contribution in [1.29, 1.82) is 0 Å². The number of nitrogens with one attached hydrogen (secondary N) is 1. The number of hydrogen-bond acceptors (Lipinski definition) is 3. The minimum atomic E-state index is -4.19. The fraction of sp³-hybridized carbons (Fsp3) is 0.208. The first-order valence-electron chi connectivity index (χ1n) is 9.76. The molecule has 0 saturated heterocycles. The number of rotatable bonds is 5. The van der Waals surface area contributed by atoms with Crippen molar-refractivity contribution in [3.63, 3.8) is 0 Å². The molecule has 1 aliphatic rings. The van der Waals surface area contributed by atoms with Crippen LogP contribution in [0.2, 0.25) is 0 Å². The second-order valence-corrected chi connectivity index (χ2v) is 12.9. The number of benzene rings is 3. The number of fused-ring (bicyclic) bond motifs is 1. The molecule has 1 atom stereocenters. The zero-order valence-electron chi connectivity index (χ0n) is 16.6. The standard InChI is InChI=1S/C24H26NO3P/c1-24(2,17-21(26)18-11-5-3-6-12-18)29(28,19-13-7-4-8-14-19)22-16-10-9-15-20(22)23(27)25-29/h3-16,21,26,28H,17H2,1-2H3,(H,25,27)/t21-/m0/s1. The molecule has 0 radical (unpaired) electrons. The summed E-state index contributed by atoms with van der Waals surface area (Å²) in [6.07, 6.45) is -0.486. The van der Waals surface area contributed by atoms with E-state index >= 15 is 0 Å². The van der Waals surface area contributed by atoms with Crippen LogP contribution in [0, 0.1) is 0 Å². The van der Waals surface area contributed by atoms with Crippen LogP contribution in [0.5, 0.6) is 0 Å². The molecule has 0 aromatic heterocycles. The van der Waals surface area contributed by atoms with E-state index < -0.39 is 18.2 Å². The molecule has 0 saturated carbocycles. The molecular formula is C24H26NO3P. The second kappa shape index (κ2) is 6.77. The van der Waals surface area contributed by atoms with E-state index in [0.29, 0.717) is 16.2 Å². The van der Waals surface area contributed by atoms with E-state index in [2.05, 4.69) is 5.09 Å². The average molecular weight is 407 g/mol. The molecule has 3 N–H and O–H groups in total. The van der Waals surface area contributed by atoms with Crippen LogP contribution in [0.3, 0.4) is 0 Å². The molecule has 1 amide bonds. The van der Waals surface area contributed by atoms with E-state index in [1.165, 1.54) is 0 Å². The number of carbonyl (C=O) groups is 1. The van der Waals surface area contributed by atoms with Crippen molar-refractivity contribution in [3.8, 4) is 0 Å². The second-order valence-electron chi connectivity index (χ2n) is 8.31. The Balaban J connectivity index is 1.92. The van der Waals surface area contributed by atoms with Crippen LogP contribution >= 0.6 is 6.98 Å². The van der Waals surface area contributed by atoms with Gasteiger partial charge in [0.1, 0.15) is 0 Å². The molecule has 0 spiro atoms. The van der Waals surface area contributed by atoms with Gasteiger partial charge in [-0.05, 0) is 0 Å². The summed E-state index contributed by atoms with van der Waals surface area (Å²) < 4.78 is 0. The maximum atomic E-state index is 13.0. The summed E-state index contributed by atoms with van der Waals surface area (Å²) in [5.74, 6) is -0.271. The molecule has 0 aliphatic carbocycles. The third kappa shape index (κ3) is 2.75. The van der Waals surface area contributed by atoms with Crippen molar-refractivity contribution < 1.29 is 14.8 Å². The molecule has 0 unspecified atom stereocenters. The van der Waals surface area contributed by atoms with Gasteiger partial charge >= 0.3 is 171 Å². The predicted molar refractivity (Wildman–Crippen MR) is 119 cm³/mol. The summed E-state index contributed by atoms with van der Waals surface area (Å²) in [5.41, 5.74) is 1.29. The quantitative estimate of drug-likeness (QED) is 0.566. The first kappa shape index (κ1) is 19.8. The van der Waals surface area contributed by atoms with Gasteiger partial charge in [0.05, 0.1) is 0 Å². The molecule has 4 rings (SSSR count). The predicted octanol–water partition coefficient (Wildman–Crippen LogP) is 3.66. The summed E-state index contributed by atoms with van der Waals surface area (Å²) in [4.78, 5) is 25.7. The van der Waals surface area contributed by atoms with Crippen molar-refractivity contribution in [2.24, 2.45) is 0 Å². The van der Waals surface area contributed by atoms with Gasteiger partial charge in [0.15, 0.2) is 0 Å². The van der Waals surface area contributed by atoms with Crippen molar-refractivity contribution in [2.75, 3.05) is 0 Å². The number of carbonyl (C=O) groups excluding carboxylic acids is 1. The van der Waals surface area contributed by atoms with Gasteiger partial charge < -0.3 is 0 Å². The Bertz CT molecular complexity index is 1050. The van der Waals surface area contributed by atoms with Gasteiger partial charge in [0, 0.05) is 0 Å². The summed E-state index contributed by atoms with van der Waals surface area (Å²) in [6.45, 7) is -0.317. The number of aliphatic hydroxyl groups is 1. The summed E-state index contributed by atoms with van der Waals surface area (Å²) in [7, 11) is 0. The van der Waals surface area contributed by atoms with Gasteiger partial charge in [0.2, 0.25) is 0 Å². The van der Waals surface area contributed by atoms with E-state index in [0.717, 1.165) is 5.56 Å². The summed E-state index contributed by atoms with van der Waals surface area (Å²) in [6, 6.07) is 26.1. The third-order valence-corrected chi connectivity index (χ3v) is 12.1. The Labute approximate surface area is 171 Å². The topological polar surface area (TPSA) is 69.6 Å². The molecule has 3 aromatic rings. The van der Waals surface area contributed by atoms with Gasteiger partial charge in [-0.1, -0.05) is 0 Å². The normalized spacial score (nSPS) is 19.4. The Hall–Kier alpha value is -2.52. The van der Waals surface area contributed by atoms with Crippen molar-refractivity contribution in [1.82, 2.24) is 5.09 Å². The summed E-state index contributed by atoms with van der Waals surface area (Å²) in [5, 5.41) is 14.6. The van der Waals surface area contributed by atoms with Crippen LogP contribution in [0.25, 0.3) is 0 Å². The maximum absolute atomic E-state index is 13.0. The van der Waals surface area contributed by atoms with Crippen LogP contribution in [-0.4, -0.2) is 21.1 Å². The van der Waals surface area contributed by atoms with E-state index in [1.54, 1.807) is 6.07 Å². The first-order valence-corrected chi connectivity index (χ1v) is 11.9. The van der Waals surface area contributed by atoms with Gasteiger partial charge in [-0.3, -0.25) is 0 Å². The van der Waals surface area contributed by atoms with Gasteiger partial charge in [0.25, 0.3) is 0 Å². The zero-order chi connectivity index (χ0) is 20.7. The van der Waals surface area contributed by atoms with Crippen LogP contribution in [0.15, 0.2) is 84.9 Å². The Morgan fingerprint density at radius 3 is 2.10 bits per heavy atom. The van der Waals surface area contributed by atoms with Crippen molar-refractivity contribution in [3.05, 3.63) is 96.1 Å². The minimum absolute atomic E-state index is 0.271. The number of aliphatic hydroxyl groups excluding tert-OH is 1. The molecule has 0 fully saturated rings. The fourth-order valence-corrected chi connectivity index (χ4v) is 9.56. The Morgan fingerprint density at radius 2 is 1.45 bits per heavy atom. The molecule has 29 heavy (non-hydrogen) atoms. The van der Waals surface area contributed by atoms with Gasteiger partial charge in [-0.2, -0.15) is 0 Å². The molecule has 150 valence electrons. The van der Waals surface area contributed by atoms with Crippen LogP contribution in [0.1, 0.15) is 42.3 Å². The zero-order valence-corrected chi connectivity index (χ0v) is 17.5. The Kier molecular flexibility index (Phi) is 4.62.